The van der Waals surface area contributed by atoms with Crippen LogP contribution in [0.25, 0.3) is 0 Å². The lowest BCUT2D eigenvalue weighted by Crippen LogP contribution is -2.49. The molecule has 13 heavy (non-hydrogen) atoms. The van der Waals surface area contributed by atoms with Crippen LogP contribution >= 0.6 is 0 Å². The van der Waals surface area contributed by atoms with Gasteiger partial charge in [-0.3, -0.25) is 4.90 Å². The van der Waals surface area contributed by atoms with Crippen molar-refractivity contribution >= 4 is 6.09 Å². The van der Waals surface area contributed by atoms with Crippen LogP contribution in [0.1, 0.15) is 13.3 Å². The van der Waals surface area contributed by atoms with Gasteiger partial charge in [0, 0.05) is 32.2 Å². The van der Waals surface area contributed by atoms with Gasteiger partial charge in [-0.1, -0.05) is 0 Å². The average Bonchev–Trinajstić information content (AvgIpc) is 2.48. The number of amides is 1. The fraction of sp³-hybridized carbons (Fsp3) is 0.889. The molecule has 1 amide bonds. The molecule has 2 unspecified atom stereocenters. The number of carbonyl (C=O) groups excluding carboxylic acids is 1. The maximum Gasteiger partial charge on any atom is 0.410 e. The zero-order valence-electron chi connectivity index (χ0n) is 8.03. The van der Waals surface area contributed by atoms with E-state index in [1.165, 1.54) is 0 Å². The lowest BCUT2D eigenvalue weighted by atomic mass is 10.2. The van der Waals surface area contributed by atoms with Crippen LogP contribution in [0.15, 0.2) is 0 Å². The molecule has 0 spiro atoms. The molecule has 2 aliphatic rings. The summed E-state index contributed by atoms with van der Waals surface area (Å²) in [5.74, 6) is 0. The summed E-state index contributed by atoms with van der Waals surface area (Å²) in [7, 11) is 0. The number of nitrogens with zero attached hydrogens (tertiary/aromatic N) is 2. The molecule has 0 aromatic rings. The van der Waals surface area contributed by atoms with Gasteiger partial charge in [-0.15, -0.1) is 0 Å². The molecular formula is C9H16N2O2. The van der Waals surface area contributed by atoms with Gasteiger partial charge < -0.3 is 9.64 Å². The smallest absolute Gasteiger partial charge is 0.410 e. The molecule has 2 fully saturated rings. The first-order valence-corrected chi connectivity index (χ1v) is 4.97. The van der Waals surface area contributed by atoms with Gasteiger partial charge in [-0.25, -0.2) is 4.79 Å². The molecule has 2 atom stereocenters. The molecule has 2 saturated heterocycles. The van der Waals surface area contributed by atoms with Crippen LogP contribution in [0.3, 0.4) is 0 Å². The van der Waals surface area contributed by atoms with Crippen molar-refractivity contribution in [2.75, 3.05) is 32.8 Å². The second kappa shape index (κ2) is 3.54. The SMILES string of the molecule is CCOC(=O)N1CCN2CCC1C2. The highest BCUT2D eigenvalue weighted by Crippen LogP contribution is 2.20. The van der Waals surface area contributed by atoms with E-state index in [-0.39, 0.29) is 6.09 Å². The van der Waals surface area contributed by atoms with E-state index in [0.717, 1.165) is 32.6 Å². The molecule has 0 saturated carbocycles. The fourth-order valence-corrected chi connectivity index (χ4v) is 2.15. The molecule has 74 valence electrons. The van der Waals surface area contributed by atoms with Gasteiger partial charge in [0.2, 0.25) is 0 Å². The van der Waals surface area contributed by atoms with Crippen LogP contribution in [0.4, 0.5) is 4.79 Å². The Kier molecular flexibility index (Phi) is 2.40. The molecule has 2 aliphatic heterocycles. The van der Waals surface area contributed by atoms with Crippen molar-refractivity contribution in [1.29, 1.82) is 0 Å². The fourth-order valence-electron chi connectivity index (χ4n) is 2.15. The molecule has 0 N–H and O–H groups in total. The molecule has 0 radical (unpaired) electrons. The average molecular weight is 184 g/mol. The summed E-state index contributed by atoms with van der Waals surface area (Å²) in [4.78, 5) is 15.8. The minimum Gasteiger partial charge on any atom is -0.450 e. The van der Waals surface area contributed by atoms with Gasteiger partial charge in [0.15, 0.2) is 0 Å². The molecule has 0 aromatic heterocycles. The van der Waals surface area contributed by atoms with Gasteiger partial charge in [-0.05, 0) is 13.3 Å². The van der Waals surface area contributed by atoms with Crippen molar-refractivity contribution in [1.82, 2.24) is 9.80 Å². The monoisotopic (exact) mass is 184 g/mol. The van der Waals surface area contributed by atoms with E-state index in [1.807, 2.05) is 11.8 Å². The standard InChI is InChI=1S/C9H16N2O2/c1-2-13-9(12)11-6-5-10-4-3-8(11)7-10/h8H,2-7H2,1H3. The zero-order chi connectivity index (χ0) is 9.26. The van der Waals surface area contributed by atoms with Gasteiger partial charge in [-0.2, -0.15) is 0 Å². The van der Waals surface area contributed by atoms with Crippen molar-refractivity contribution in [3.05, 3.63) is 0 Å². The Hall–Kier alpha value is -0.770. The van der Waals surface area contributed by atoms with Crippen LogP contribution in [-0.2, 0) is 4.74 Å². The third-order valence-electron chi connectivity index (χ3n) is 2.85. The van der Waals surface area contributed by atoms with E-state index in [2.05, 4.69) is 4.90 Å². The van der Waals surface area contributed by atoms with Gasteiger partial charge in [0.25, 0.3) is 0 Å². The van der Waals surface area contributed by atoms with E-state index in [1.54, 1.807) is 0 Å². The van der Waals surface area contributed by atoms with E-state index in [4.69, 9.17) is 4.74 Å². The predicted molar refractivity (Wildman–Crippen MR) is 48.6 cm³/mol. The van der Waals surface area contributed by atoms with Crippen molar-refractivity contribution in [2.24, 2.45) is 0 Å². The Morgan fingerprint density at radius 3 is 3.08 bits per heavy atom. The van der Waals surface area contributed by atoms with Gasteiger partial charge >= 0.3 is 6.09 Å². The van der Waals surface area contributed by atoms with Crippen LogP contribution in [0, 0.1) is 0 Å². The molecule has 4 nitrogen and oxygen atoms in total. The van der Waals surface area contributed by atoms with E-state index < -0.39 is 0 Å². The number of carbonyl (C=O) groups is 1. The van der Waals surface area contributed by atoms with Crippen LogP contribution in [0.2, 0.25) is 0 Å². The molecule has 2 bridgehead atoms. The van der Waals surface area contributed by atoms with Crippen molar-refractivity contribution in [2.45, 2.75) is 19.4 Å². The van der Waals surface area contributed by atoms with Crippen molar-refractivity contribution in [3.8, 4) is 0 Å². The Balaban J connectivity index is 1.95. The second-order valence-electron chi connectivity index (χ2n) is 3.64. The summed E-state index contributed by atoms with van der Waals surface area (Å²) in [5.41, 5.74) is 0. The van der Waals surface area contributed by atoms with E-state index >= 15 is 0 Å². The summed E-state index contributed by atoms with van der Waals surface area (Å²) in [6, 6.07) is 0.410. The van der Waals surface area contributed by atoms with Crippen LogP contribution in [-0.4, -0.2) is 54.7 Å². The molecular weight excluding hydrogens is 168 g/mol. The van der Waals surface area contributed by atoms with Crippen LogP contribution in [0.5, 0.6) is 0 Å². The number of rotatable bonds is 1. The summed E-state index contributed by atoms with van der Waals surface area (Å²) < 4.78 is 5.00. The number of hydrogen-bond donors (Lipinski definition) is 0. The number of ether oxygens (including phenoxy) is 1. The van der Waals surface area contributed by atoms with Crippen LogP contribution < -0.4 is 0 Å². The topological polar surface area (TPSA) is 32.8 Å². The van der Waals surface area contributed by atoms with Crippen molar-refractivity contribution < 1.29 is 9.53 Å². The van der Waals surface area contributed by atoms with E-state index in [0.29, 0.717) is 12.6 Å². The molecule has 2 heterocycles. The zero-order valence-corrected chi connectivity index (χ0v) is 8.03. The van der Waals surface area contributed by atoms with E-state index in [9.17, 15) is 4.79 Å². The Morgan fingerprint density at radius 2 is 2.31 bits per heavy atom. The highest BCUT2D eigenvalue weighted by atomic mass is 16.6. The summed E-state index contributed by atoms with van der Waals surface area (Å²) >= 11 is 0. The largest absolute Gasteiger partial charge is 0.450 e. The number of hydrogen-bond acceptors (Lipinski definition) is 3. The quantitative estimate of drug-likeness (QED) is 0.596. The Bertz CT molecular complexity index is 208. The lowest BCUT2D eigenvalue weighted by molar-refractivity contribution is 0.0755. The molecule has 4 heteroatoms. The van der Waals surface area contributed by atoms with Crippen molar-refractivity contribution in [3.63, 3.8) is 0 Å². The lowest BCUT2D eigenvalue weighted by Gasteiger charge is -2.33. The third kappa shape index (κ3) is 1.63. The highest BCUT2D eigenvalue weighted by molar-refractivity contribution is 5.68. The summed E-state index contributed by atoms with van der Waals surface area (Å²) in [5, 5.41) is 0. The molecule has 0 aromatic carbocycles. The predicted octanol–water partition coefficient (Wildman–Crippen LogP) is 0.533. The molecule has 0 aliphatic carbocycles. The van der Waals surface area contributed by atoms with Gasteiger partial charge in [0.1, 0.15) is 0 Å². The minimum absolute atomic E-state index is 0.131. The highest BCUT2D eigenvalue weighted by Gasteiger charge is 2.35. The number of piperazine rings is 1. The summed E-state index contributed by atoms with van der Waals surface area (Å²) in [6.45, 7) is 6.35. The first-order chi connectivity index (χ1) is 6.31. The second-order valence-corrected chi connectivity index (χ2v) is 3.64. The summed E-state index contributed by atoms with van der Waals surface area (Å²) in [6.07, 6.45) is 0.979. The molecule has 2 rings (SSSR count). The number of fused-ring (bicyclic) bond motifs is 2. The first-order valence-electron chi connectivity index (χ1n) is 4.97. The normalized spacial score (nSPS) is 31.9. The third-order valence-corrected chi connectivity index (χ3v) is 2.85. The minimum atomic E-state index is -0.131. The maximum absolute atomic E-state index is 11.5. The first kappa shape index (κ1) is 8.81. The Morgan fingerprint density at radius 1 is 1.46 bits per heavy atom. The Labute approximate surface area is 78.4 Å². The maximum atomic E-state index is 11.5. The van der Waals surface area contributed by atoms with Gasteiger partial charge in [0.05, 0.1) is 6.61 Å².